The van der Waals surface area contributed by atoms with Crippen molar-refractivity contribution in [2.24, 2.45) is 41.4 Å². The summed E-state index contributed by atoms with van der Waals surface area (Å²) in [6, 6.07) is 0. The van der Waals surface area contributed by atoms with Gasteiger partial charge in [0.1, 0.15) is 11.4 Å². The van der Waals surface area contributed by atoms with Crippen LogP contribution in [0.4, 0.5) is 0 Å². The Hall–Kier alpha value is -0.936. The van der Waals surface area contributed by atoms with Crippen LogP contribution in [-0.4, -0.2) is 59.2 Å². The van der Waals surface area contributed by atoms with Gasteiger partial charge in [-0.25, -0.2) is 4.79 Å². The van der Waals surface area contributed by atoms with Crippen molar-refractivity contribution in [1.82, 2.24) is 0 Å². The van der Waals surface area contributed by atoms with Gasteiger partial charge in [-0.3, -0.25) is 0 Å². The molecule has 3 aliphatic carbocycles. The largest absolute Gasteiger partial charge is 0.491 e. The summed E-state index contributed by atoms with van der Waals surface area (Å²) < 4.78 is 26.7. The molecule has 0 aromatic carbocycles. The van der Waals surface area contributed by atoms with Crippen molar-refractivity contribution in [3.63, 3.8) is 0 Å². The van der Waals surface area contributed by atoms with Gasteiger partial charge in [0.05, 0.1) is 24.9 Å². The highest BCUT2D eigenvalue weighted by Crippen LogP contribution is 2.65. The van der Waals surface area contributed by atoms with Gasteiger partial charge in [0, 0.05) is 36.7 Å². The van der Waals surface area contributed by atoms with Crippen LogP contribution in [0.25, 0.3) is 0 Å². The average molecular weight is 705 g/mol. The lowest BCUT2D eigenvalue weighted by Crippen LogP contribution is -2.52. The molecular weight excluding hydrogens is 633 g/mol. The summed E-state index contributed by atoms with van der Waals surface area (Å²) in [7, 11) is -2.57. The number of carbonyl (C=O) groups excluding carboxylic acids is 1. The Morgan fingerprint density at radius 2 is 1.67 bits per heavy atom. The molecule has 8 heteroatoms. The summed E-state index contributed by atoms with van der Waals surface area (Å²) >= 11 is 0. The van der Waals surface area contributed by atoms with E-state index in [4.69, 9.17) is 18.3 Å². The van der Waals surface area contributed by atoms with E-state index in [1.54, 1.807) is 0 Å². The van der Waals surface area contributed by atoms with Crippen molar-refractivity contribution < 1.29 is 28.2 Å². The highest BCUT2D eigenvalue weighted by atomic mass is 28.4. The van der Waals surface area contributed by atoms with Crippen LogP contribution in [0.2, 0.25) is 34.8 Å². The molecule has 0 spiro atoms. The lowest BCUT2D eigenvalue weighted by atomic mass is 9.63. The molecule has 276 valence electrons. The lowest BCUT2D eigenvalue weighted by molar-refractivity contribution is -0.141. The average Bonchev–Trinajstić information content (AvgIpc) is 3.49. The Morgan fingerprint density at radius 3 is 2.17 bits per heavy atom. The van der Waals surface area contributed by atoms with Crippen molar-refractivity contribution >= 4 is 22.6 Å². The van der Waals surface area contributed by atoms with Crippen LogP contribution in [0, 0.1) is 41.4 Å². The SMILES string of the molecule is CCC1=C(C(=O)OC)[C@H]2[C@@H]3[C@H]4[C@@H](O)[C@@H](C)[C@H](O[Si](C(C)C)(C(C)C)C(C)C)[C@@H]4C=C(C)[C@@H]3C[C@H]2[C@](C)(CCCO[Si](C)(C)C(C)(C)C)O1. The number of hydrogen-bond donors (Lipinski definition) is 1. The fourth-order valence-corrected chi connectivity index (χ4v) is 17.6. The number of allylic oxidation sites excluding steroid dienone is 2. The van der Waals surface area contributed by atoms with Crippen LogP contribution in [0.3, 0.4) is 0 Å². The fraction of sp³-hybridized carbons (Fsp3) is 0.875. The minimum Gasteiger partial charge on any atom is -0.491 e. The first-order valence-electron chi connectivity index (χ1n) is 19.3. The number of aliphatic hydroxyl groups excluding tert-OH is 1. The molecule has 6 nitrogen and oxygen atoms in total. The molecule has 2 saturated carbocycles. The van der Waals surface area contributed by atoms with Crippen LogP contribution in [0.5, 0.6) is 0 Å². The molecule has 4 rings (SSSR count). The highest BCUT2D eigenvalue weighted by Gasteiger charge is 2.66. The van der Waals surface area contributed by atoms with Crippen molar-refractivity contribution in [1.29, 1.82) is 0 Å². The Labute approximate surface area is 296 Å². The van der Waals surface area contributed by atoms with E-state index >= 15 is 0 Å². The van der Waals surface area contributed by atoms with Crippen molar-refractivity contribution in [2.45, 2.75) is 168 Å². The lowest BCUT2D eigenvalue weighted by Gasteiger charge is -2.48. The number of ether oxygens (including phenoxy) is 2. The number of esters is 1. The third-order valence-electron chi connectivity index (χ3n) is 14.2. The summed E-state index contributed by atoms with van der Waals surface area (Å²) in [5.41, 5.74) is 3.09. The number of carbonyl (C=O) groups is 1. The molecule has 1 heterocycles. The van der Waals surface area contributed by atoms with Gasteiger partial charge < -0.3 is 23.4 Å². The molecule has 1 N–H and O–H groups in total. The molecule has 0 radical (unpaired) electrons. The van der Waals surface area contributed by atoms with Crippen LogP contribution in [-0.2, 0) is 23.1 Å². The zero-order chi connectivity index (χ0) is 36.3. The standard InChI is InChI=1S/C40H72O6Si2/c1-17-31-35(38(42)43-14)34-30(40(13,45-31)19-18-20-44-47(15,16)39(10,11)12)22-28-26(8)21-29-33(32(28)34)36(41)27(9)37(29)46-48(23(2)3,24(4)5)25(6)7/h21,23-25,27-30,32-34,36-37,41H,17-20,22H2,1-16H3/t27-,28+,29-,30-,32+,33+,34-,36+,37+,40+/m1/s1. The molecule has 0 amide bonds. The zero-order valence-corrected chi connectivity index (χ0v) is 35.5. The molecule has 0 saturated heterocycles. The third kappa shape index (κ3) is 6.61. The molecule has 0 bridgehead atoms. The van der Waals surface area contributed by atoms with Crippen molar-refractivity contribution in [3.05, 3.63) is 23.0 Å². The molecule has 2 fully saturated rings. The van der Waals surface area contributed by atoms with E-state index in [0.29, 0.717) is 23.0 Å². The van der Waals surface area contributed by atoms with Gasteiger partial charge in [-0.05, 0) is 85.6 Å². The zero-order valence-electron chi connectivity index (χ0n) is 33.5. The van der Waals surface area contributed by atoms with Crippen molar-refractivity contribution in [2.75, 3.05) is 13.7 Å². The molecule has 0 aromatic rings. The van der Waals surface area contributed by atoms with Gasteiger partial charge in [0.2, 0.25) is 8.32 Å². The van der Waals surface area contributed by atoms with E-state index in [-0.39, 0.29) is 58.5 Å². The molecule has 1 aliphatic heterocycles. The molecule has 10 atom stereocenters. The second kappa shape index (κ2) is 14.2. The number of hydrogen-bond acceptors (Lipinski definition) is 6. The Bertz CT molecular complexity index is 1210. The first-order chi connectivity index (χ1) is 22.1. The predicted molar refractivity (Wildman–Crippen MR) is 202 cm³/mol. The van der Waals surface area contributed by atoms with Crippen LogP contribution >= 0.6 is 0 Å². The topological polar surface area (TPSA) is 74.2 Å². The number of aliphatic hydroxyl groups is 1. The van der Waals surface area contributed by atoms with Gasteiger partial charge >= 0.3 is 5.97 Å². The quantitative estimate of drug-likeness (QED) is 0.0944. The van der Waals surface area contributed by atoms with E-state index in [2.05, 4.69) is 109 Å². The Morgan fingerprint density at radius 1 is 1.08 bits per heavy atom. The second-order valence-corrected chi connectivity index (χ2v) is 28.9. The van der Waals surface area contributed by atoms with E-state index < -0.39 is 28.3 Å². The third-order valence-corrected chi connectivity index (χ3v) is 24.8. The van der Waals surface area contributed by atoms with E-state index in [9.17, 15) is 9.90 Å². The van der Waals surface area contributed by atoms with Crippen LogP contribution in [0.15, 0.2) is 23.0 Å². The van der Waals surface area contributed by atoms with Crippen LogP contribution in [0.1, 0.15) is 116 Å². The number of methoxy groups -OCH3 is 1. The van der Waals surface area contributed by atoms with Gasteiger partial charge in [0.25, 0.3) is 0 Å². The van der Waals surface area contributed by atoms with E-state index in [1.807, 2.05) is 0 Å². The first-order valence-corrected chi connectivity index (χ1v) is 24.3. The molecular formula is C40H72O6Si2. The molecule has 0 unspecified atom stereocenters. The monoisotopic (exact) mass is 704 g/mol. The van der Waals surface area contributed by atoms with E-state index in [0.717, 1.165) is 37.2 Å². The maximum absolute atomic E-state index is 13.8. The molecule has 4 aliphatic rings. The molecule has 48 heavy (non-hydrogen) atoms. The van der Waals surface area contributed by atoms with E-state index in [1.165, 1.54) is 12.7 Å². The maximum Gasteiger partial charge on any atom is 0.337 e. The van der Waals surface area contributed by atoms with Crippen molar-refractivity contribution in [3.8, 4) is 0 Å². The summed E-state index contributed by atoms with van der Waals surface area (Å²) in [6.07, 6.45) is 5.32. The van der Waals surface area contributed by atoms with Gasteiger partial charge in [0.15, 0.2) is 8.32 Å². The maximum atomic E-state index is 13.8. The highest BCUT2D eigenvalue weighted by molar-refractivity contribution is 6.77. The van der Waals surface area contributed by atoms with Gasteiger partial charge in [-0.2, -0.15) is 0 Å². The van der Waals surface area contributed by atoms with Crippen LogP contribution < -0.4 is 0 Å². The van der Waals surface area contributed by atoms with Gasteiger partial charge in [-0.15, -0.1) is 0 Å². The Balaban J connectivity index is 1.75. The summed E-state index contributed by atoms with van der Waals surface area (Å²) in [6.45, 7) is 35.2. The first kappa shape index (κ1) is 39.8. The minimum atomic E-state index is -2.20. The smallest absolute Gasteiger partial charge is 0.337 e. The molecule has 0 aromatic heterocycles. The van der Waals surface area contributed by atoms with Gasteiger partial charge in [-0.1, -0.05) is 87.8 Å². The second-order valence-electron chi connectivity index (χ2n) is 18.7. The number of fused-ring (bicyclic) bond motifs is 5. The summed E-state index contributed by atoms with van der Waals surface area (Å²) in [4.78, 5) is 13.8. The minimum absolute atomic E-state index is 0.0138. The summed E-state index contributed by atoms with van der Waals surface area (Å²) in [5.74, 6) is 1.19. The number of rotatable bonds is 12. The predicted octanol–water partition coefficient (Wildman–Crippen LogP) is 10.0. The fourth-order valence-electron chi connectivity index (χ4n) is 10.8. The normalized spacial score (nSPS) is 35.5. The summed E-state index contributed by atoms with van der Waals surface area (Å²) in [5, 5.41) is 12.4. The Kier molecular flexibility index (Phi) is 11.8.